The fourth-order valence-electron chi connectivity index (χ4n) is 3.55. The summed E-state index contributed by atoms with van der Waals surface area (Å²) in [6.45, 7) is 8.58. The van der Waals surface area contributed by atoms with Gasteiger partial charge >= 0.3 is 0 Å². The van der Waals surface area contributed by atoms with Crippen LogP contribution in [0.1, 0.15) is 22.3 Å². The Kier molecular flexibility index (Phi) is 5.22. The fourth-order valence-corrected chi connectivity index (χ4v) is 3.55. The molecule has 144 valence electrons. The zero-order chi connectivity index (χ0) is 20.4. The largest absolute Gasteiger partial charge is 0.310 e. The van der Waals surface area contributed by atoms with Gasteiger partial charge in [-0.3, -0.25) is 0 Å². The summed E-state index contributed by atoms with van der Waals surface area (Å²) in [5.74, 6) is 0. The van der Waals surface area contributed by atoms with Gasteiger partial charge in [-0.25, -0.2) is 0 Å². The Labute approximate surface area is 174 Å². The van der Waals surface area contributed by atoms with Crippen LogP contribution in [-0.2, 0) is 0 Å². The number of hydrogen-bond donors (Lipinski definition) is 0. The van der Waals surface area contributed by atoms with Gasteiger partial charge < -0.3 is 4.90 Å². The van der Waals surface area contributed by atoms with Crippen LogP contribution < -0.4 is 4.90 Å². The monoisotopic (exact) mass is 377 g/mol. The summed E-state index contributed by atoms with van der Waals surface area (Å²) >= 11 is 0. The molecule has 0 aliphatic heterocycles. The summed E-state index contributed by atoms with van der Waals surface area (Å²) < 4.78 is 0. The van der Waals surface area contributed by atoms with E-state index >= 15 is 0 Å². The van der Waals surface area contributed by atoms with Gasteiger partial charge in [0.25, 0.3) is 0 Å². The van der Waals surface area contributed by atoms with Gasteiger partial charge in [0, 0.05) is 17.1 Å². The number of aryl methyl sites for hydroxylation is 4. The van der Waals surface area contributed by atoms with E-state index < -0.39 is 0 Å². The third-order valence-corrected chi connectivity index (χ3v) is 5.55. The molecular formula is C28H27N. The van der Waals surface area contributed by atoms with Crippen molar-refractivity contribution in [1.29, 1.82) is 0 Å². The molecule has 0 aromatic heterocycles. The van der Waals surface area contributed by atoms with E-state index in [9.17, 15) is 0 Å². The van der Waals surface area contributed by atoms with Gasteiger partial charge in [0.1, 0.15) is 0 Å². The van der Waals surface area contributed by atoms with E-state index in [2.05, 4.69) is 124 Å². The molecule has 29 heavy (non-hydrogen) atoms. The van der Waals surface area contributed by atoms with Crippen molar-refractivity contribution in [2.45, 2.75) is 27.7 Å². The maximum absolute atomic E-state index is 2.32. The molecule has 0 unspecified atom stereocenters. The van der Waals surface area contributed by atoms with Crippen molar-refractivity contribution in [2.75, 3.05) is 4.90 Å². The SMILES string of the molecule is Cc1ccc(-c2ccc(N(c3ccc(C)cc3)c3ccc(C)c(C)c3)cc2)cc1. The Bertz CT molecular complexity index is 1100. The van der Waals surface area contributed by atoms with Crippen molar-refractivity contribution in [3.63, 3.8) is 0 Å². The molecule has 0 N–H and O–H groups in total. The summed E-state index contributed by atoms with van der Waals surface area (Å²) in [7, 11) is 0. The Hall–Kier alpha value is -3.32. The number of rotatable bonds is 4. The molecule has 0 spiro atoms. The summed E-state index contributed by atoms with van der Waals surface area (Å²) in [4.78, 5) is 2.32. The van der Waals surface area contributed by atoms with Crippen LogP contribution in [0, 0.1) is 27.7 Å². The maximum atomic E-state index is 2.32. The van der Waals surface area contributed by atoms with Crippen LogP contribution in [0.5, 0.6) is 0 Å². The van der Waals surface area contributed by atoms with Crippen LogP contribution >= 0.6 is 0 Å². The van der Waals surface area contributed by atoms with Crippen molar-refractivity contribution in [3.8, 4) is 11.1 Å². The molecule has 0 saturated heterocycles. The average Bonchev–Trinajstić information content (AvgIpc) is 2.73. The van der Waals surface area contributed by atoms with E-state index in [1.165, 1.54) is 44.8 Å². The summed E-state index contributed by atoms with van der Waals surface area (Å²) in [5.41, 5.74) is 11.2. The molecule has 4 aromatic carbocycles. The lowest BCUT2D eigenvalue weighted by molar-refractivity contribution is 1.25. The van der Waals surface area contributed by atoms with Gasteiger partial charge in [0.05, 0.1) is 0 Å². The number of hydrogen-bond acceptors (Lipinski definition) is 1. The van der Waals surface area contributed by atoms with E-state index in [4.69, 9.17) is 0 Å². The van der Waals surface area contributed by atoms with Crippen LogP contribution in [0.2, 0.25) is 0 Å². The molecule has 0 aliphatic rings. The van der Waals surface area contributed by atoms with Crippen molar-refractivity contribution < 1.29 is 0 Å². The molecule has 0 atom stereocenters. The lowest BCUT2D eigenvalue weighted by atomic mass is 10.0. The van der Waals surface area contributed by atoms with Crippen LogP contribution in [0.25, 0.3) is 11.1 Å². The molecule has 1 heteroatoms. The van der Waals surface area contributed by atoms with Crippen molar-refractivity contribution in [2.24, 2.45) is 0 Å². The second-order valence-electron chi connectivity index (χ2n) is 7.85. The second-order valence-corrected chi connectivity index (χ2v) is 7.85. The van der Waals surface area contributed by atoms with Crippen LogP contribution in [-0.4, -0.2) is 0 Å². The molecule has 0 fully saturated rings. The fraction of sp³-hybridized carbons (Fsp3) is 0.143. The maximum Gasteiger partial charge on any atom is 0.0464 e. The standard InChI is InChI=1S/C28H27N/c1-20-5-10-24(11-6-20)25-12-17-27(18-13-25)29(26-14-7-21(2)8-15-26)28-16-9-22(3)23(4)19-28/h5-19H,1-4H3. The van der Waals surface area contributed by atoms with Gasteiger partial charge in [0.15, 0.2) is 0 Å². The number of nitrogens with zero attached hydrogens (tertiary/aromatic N) is 1. The molecule has 0 bridgehead atoms. The molecule has 0 aliphatic carbocycles. The molecule has 4 rings (SSSR count). The van der Waals surface area contributed by atoms with Crippen LogP contribution in [0.15, 0.2) is 91.0 Å². The number of anilines is 3. The van der Waals surface area contributed by atoms with E-state index in [0.717, 1.165) is 5.69 Å². The minimum absolute atomic E-state index is 1.16. The lowest BCUT2D eigenvalue weighted by Crippen LogP contribution is -2.10. The second kappa shape index (κ2) is 7.97. The van der Waals surface area contributed by atoms with Crippen LogP contribution in [0.3, 0.4) is 0 Å². The van der Waals surface area contributed by atoms with Gasteiger partial charge in [-0.1, -0.05) is 65.7 Å². The Balaban J connectivity index is 1.77. The highest BCUT2D eigenvalue weighted by Gasteiger charge is 2.13. The van der Waals surface area contributed by atoms with Gasteiger partial charge in [-0.2, -0.15) is 0 Å². The Morgan fingerprint density at radius 3 is 1.34 bits per heavy atom. The van der Waals surface area contributed by atoms with Crippen molar-refractivity contribution in [1.82, 2.24) is 0 Å². The highest BCUT2D eigenvalue weighted by atomic mass is 15.1. The lowest BCUT2D eigenvalue weighted by Gasteiger charge is -2.26. The quantitative estimate of drug-likeness (QED) is 0.347. The first-order valence-electron chi connectivity index (χ1n) is 10.1. The summed E-state index contributed by atoms with van der Waals surface area (Å²) in [5, 5.41) is 0. The van der Waals surface area contributed by atoms with Gasteiger partial charge in [-0.05, 0) is 86.3 Å². The van der Waals surface area contributed by atoms with E-state index in [1.807, 2.05) is 0 Å². The zero-order valence-electron chi connectivity index (χ0n) is 17.6. The topological polar surface area (TPSA) is 3.24 Å². The zero-order valence-corrected chi connectivity index (χ0v) is 17.6. The summed E-state index contributed by atoms with van der Waals surface area (Å²) in [6.07, 6.45) is 0. The molecule has 1 nitrogen and oxygen atoms in total. The smallest absolute Gasteiger partial charge is 0.0464 e. The first-order valence-corrected chi connectivity index (χ1v) is 10.1. The normalized spacial score (nSPS) is 10.8. The van der Waals surface area contributed by atoms with Crippen molar-refractivity contribution >= 4 is 17.1 Å². The first-order chi connectivity index (χ1) is 14.0. The molecule has 4 aromatic rings. The molecular weight excluding hydrogens is 350 g/mol. The van der Waals surface area contributed by atoms with Gasteiger partial charge in [-0.15, -0.1) is 0 Å². The Morgan fingerprint density at radius 1 is 0.414 bits per heavy atom. The highest BCUT2D eigenvalue weighted by Crippen LogP contribution is 2.36. The minimum atomic E-state index is 1.16. The predicted molar refractivity (Wildman–Crippen MR) is 126 cm³/mol. The summed E-state index contributed by atoms with van der Waals surface area (Å²) in [6, 6.07) is 32.9. The first kappa shape index (κ1) is 19.0. The van der Waals surface area contributed by atoms with Crippen molar-refractivity contribution in [3.05, 3.63) is 113 Å². The third-order valence-electron chi connectivity index (χ3n) is 5.55. The molecule has 0 heterocycles. The van der Waals surface area contributed by atoms with Crippen LogP contribution in [0.4, 0.5) is 17.1 Å². The number of benzene rings is 4. The average molecular weight is 378 g/mol. The van der Waals surface area contributed by atoms with E-state index in [-0.39, 0.29) is 0 Å². The van der Waals surface area contributed by atoms with E-state index in [0.29, 0.717) is 0 Å². The van der Waals surface area contributed by atoms with E-state index in [1.54, 1.807) is 0 Å². The predicted octanol–water partition coefficient (Wildman–Crippen LogP) is 8.06. The molecule has 0 saturated carbocycles. The molecule has 0 amide bonds. The minimum Gasteiger partial charge on any atom is -0.310 e. The third kappa shape index (κ3) is 4.09. The van der Waals surface area contributed by atoms with Gasteiger partial charge in [0.2, 0.25) is 0 Å². The highest BCUT2D eigenvalue weighted by molar-refractivity contribution is 5.78. The molecule has 0 radical (unpaired) electrons. The Morgan fingerprint density at radius 2 is 0.828 bits per heavy atom.